The Hall–Kier alpha value is -2.43. The zero-order chi connectivity index (χ0) is 12.5. The lowest BCUT2D eigenvalue weighted by atomic mass is 10.2. The van der Waals surface area contributed by atoms with Crippen LogP contribution in [0, 0.1) is 0 Å². The molecule has 0 saturated heterocycles. The van der Waals surface area contributed by atoms with Gasteiger partial charge in [-0.3, -0.25) is 0 Å². The normalized spacial score (nSPS) is 12.7. The highest BCUT2D eigenvalue weighted by atomic mass is 16.3. The molecule has 0 radical (unpaired) electrons. The topological polar surface area (TPSA) is 73.8 Å². The molecule has 0 bridgehead atoms. The number of furan rings is 1. The van der Waals surface area contributed by atoms with Gasteiger partial charge in [-0.2, -0.15) is 0 Å². The number of benzene rings is 1. The van der Waals surface area contributed by atoms with Crippen molar-refractivity contribution in [1.82, 2.24) is 9.97 Å². The molecule has 0 saturated carbocycles. The molecule has 92 valence electrons. The molecule has 5 nitrogen and oxygen atoms in total. The van der Waals surface area contributed by atoms with Crippen LogP contribution >= 0.6 is 0 Å². The molecular weight excluding hydrogens is 230 g/mol. The third-order valence-corrected chi connectivity index (χ3v) is 2.87. The molecule has 2 aromatic heterocycles. The Morgan fingerprint density at radius 1 is 1.22 bits per heavy atom. The van der Waals surface area contributed by atoms with Crippen molar-refractivity contribution >= 4 is 16.7 Å². The van der Waals surface area contributed by atoms with Gasteiger partial charge in [0.1, 0.15) is 5.76 Å². The molecule has 0 aliphatic carbocycles. The van der Waals surface area contributed by atoms with Gasteiger partial charge in [0.2, 0.25) is 0 Å². The Balaban J connectivity index is 1.88. The van der Waals surface area contributed by atoms with E-state index in [9.17, 15) is 4.79 Å². The molecule has 0 spiro atoms. The summed E-state index contributed by atoms with van der Waals surface area (Å²) in [5.74, 6) is 0.873. The number of anilines is 1. The lowest BCUT2D eigenvalue weighted by Gasteiger charge is -2.12. The summed E-state index contributed by atoms with van der Waals surface area (Å²) < 4.78 is 5.33. The summed E-state index contributed by atoms with van der Waals surface area (Å²) >= 11 is 0. The van der Waals surface area contributed by atoms with E-state index in [-0.39, 0.29) is 11.7 Å². The van der Waals surface area contributed by atoms with Gasteiger partial charge in [-0.05, 0) is 37.3 Å². The van der Waals surface area contributed by atoms with Gasteiger partial charge in [-0.25, -0.2) is 4.79 Å². The van der Waals surface area contributed by atoms with E-state index in [0.717, 1.165) is 22.5 Å². The highest BCUT2D eigenvalue weighted by molar-refractivity contribution is 5.78. The number of rotatable bonds is 3. The minimum absolute atomic E-state index is 0.0723. The summed E-state index contributed by atoms with van der Waals surface area (Å²) in [7, 11) is 0. The van der Waals surface area contributed by atoms with E-state index in [1.165, 1.54) is 0 Å². The molecule has 1 unspecified atom stereocenters. The van der Waals surface area contributed by atoms with E-state index in [2.05, 4.69) is 15.3 Å². The molecular formula is C13H13N3O2. The van der Waals surface area contributed by atoms with Crippen molar-refractivity contribution in [2.45, 2.75) is 13.0 Å². The second-order valence-electron chi connectivity index (χ2n) is 4.22. The predicted molar refractivity (Wildman–Crippen MR) is 69.7 cm³/mol. The molecule has 18 heavy (non-hydrogen) atoms. The highest BCUT2D eigenvalue weighted by Gasteiger charge is 2.08. The quantitative estimate of drug-likeness (QED) is 0.662. The van der Waals surface area contributed by atoms with E-state index < -0.39 is 0 Å². The van der Waals surface area contributed by atoms with Crippen LogP contribution < -0.4 is 11.0 Å². The molecule has 0 fully saturated rings. The van der Waals surface area contributed by atoms with Gasteiger partial charge in [0.25, 0.3) is 0 Å². The van der Waals surface area contributed by atoms with Gasteiger partial charge in [0.05, 0.1) is 23.3 Å². The largest absolute Gasteiger partial charge is 0.467 e. The molecule has 1 atom stereocenters. The minimum atomic E-state index is -0.193. The second-order valence-corrected chi connectivity index (χ2v) is 4.22. The van der Waals surface area contributed by atoms with Crippen molar-refractivity contribution < 1.29 is 4.42 Å². The van der Waals surface area contributed by atoms with Crippen LogP contribution in [0.3, 0.4) is 0 Å². The molecule has 0 aliphatic rings. The Labute approximate surface area is 103 Å². The predicted octanol–water partition coefficient (Wildman–Crippen LogP) is 2.62. The summed E-state index contributed by atoms with van der Waals surface area (Å²) in [4.78, 5) is 16.6. The first-order valence-electron chi connectivity index (χ1n) is 5.74. The zero-order valence-electron chi connectivity index (χ0n) is 9.86. The molecule has 1 aromatic carbocycles. The first-order valence-corrected chi connectivity index (χ1v) is 5.74. The number of hydrogen-bond donors (Lipinski definition) is 3. The number of imidazole rings is 1. The van der Waals surface area contributed by atoms with E-state index in [1.54, 1.807) is 6.26 Å². The van der Waals surface area contributed by atoms with Crippen molar-refractivity contribution in [3.8, 4) is 0 Å². The summed E-state index contributed by atoms with van der Waals surface area (Å²) in [5.41, 5.74) is 2.33. The van der Waals surface area contributed by atoms with Crippen LogP contribution in [0.5, 0.6) is 0 Å². The fourth-order valence-corrected chi connectivity index (χ4v) is 1.98. The van der Waals surface area contributed by atoms with Crippen molar-refractivity contribution in [2.75, 3.05) is 5.32 Å². The third kappa shape index (κ3) is 1.90. The van der Waals surface area contributed by atoms with E-state index in [4.69, 9.17) is 4.42 Å². The summed E-state index contributed by atoms with van der Waals surface area (Å²) in [6.07, 6.45) is 1.65. The van der Waals surface area contributed by atoms with Gasteiger partial charge < -0.3 is 19.7 Å². The van der Waals surface area contributed by atoms with Gasteiger partial charge in [-0.15, -0.1) is 0 Å². The van der Waals surface area contributed by atoms with Crippen LogP contribution in [-0.4, -0.2) is 9.97 Å². The molecule has 0 aliphatic heterocycles. The first kappa shape index (κ1) is 10.7. The Morgan fingerprint density at radius 3 is 2.83 bits per heavy atom. The van der Waals surface area contributed by atoms with Crippen LogP contribution in [0.15, 0.2) is 45.8 Å². The number of H-pyrrole nitrogens is 2. The van der Waals surface area contributed by atoms with Crippen molar-refractivity contribution in [2.24, 2.45) is 0 Å². The van der Waals surface area contributed by atoms with E-state index in [0.29, 0.717) is 0 Å². The molecule has 2 heterocycles. The number of fused-ring (bicyclic) bond motifs is 1. The SMILES string of the molecule is CC(Nc1ccc2[nH]c(=O)[nH]c2c1)c1ccco1. The van der Waals surface area contributed by atoms with Crippen LogP contribution in [-0.2, 0) is 0 Å². The summed E-state index contributed by atoms with van der Waals surface area (Å²) in [6, 6.07) is 9.54. The maximum Gasteiger partial charge on any atom is 0.323 e. The number of aromatic nitrogens is 2. The standard InChI is InChI=1S/C13H13N3O2/c1-8(12-3-2-6-18-12)14-9-4-5-10-11(7-9)16-13(17)15-10/h2-8,14H,1H3,(H2,15,16,17). The molecule has 5 heteroatoms. The Bertz CT molecular complexity index is 709. The van der Waals surface area contributed by atoms with E-state index in [1.807, 2.05) is 37.3 Å². The minimum Gasteiger partial charge on any atom is -0.467 e. The zero-order valence-corrected chi connectivity index (χ0v) is 9.86. The number of nitrogens with one attached hydrogen (secondary N) is 3. The lowest BCUT2D eigenvalue weighted by molar-refractivity contribution is 0.490. The summed E-state index contributed by atoms with van der Waals surface area (Å²) in [5, 5.41) is 3.32. The maximum atomic E-state index is 11.2. The van der Waals surface area contributed by atoms with Gasteiger partial charge >= 0.3 is 5.69 Å². The fraction of sp³-hybridized carbons (Fsp3) is 0.154. The fourth-order valence-electron chi connectivity index (χ4n) is 1.98. The van der Waals surface area contributed by atoms with Crippen molar-refractivity contribution in [3.63, 3.8) is 0 Å². The monoisotopic (exact) mass is 243 g/mol. The van der Waals surface area contributed by atoms with Crippen molar-refractivity contribution in [1.29, 1.82) is 0 Å². The van der Waals surface area contributed by atoms with Gasteiger partial charge in [-0.1, -0.05) is 0 Å². The molecule has 3 aromatic rings. The first-order chi connectivity index (χ1) is 8.72. The molecule has 3 rings (SSSR count). The summed E-state index contributed by atoms with van der Waals surface area (Å²) in [6.45, 7) is 2.02. The van der Waals surface area contributed by atoms with Crippen LogP contribution in [0.4, 0.5) is 5.69 Å². The third-order valence-electron chi connectivity index (χ3n) is 2.87. The number of hydrogen-bond acceptors (Lipinski definition) is 3. The van der Waals surface area contributed by atoms with Crippen LogP contribution in [0.25, 0.3) is 11.0 Å². The number of aromatic amines is 2. The van der Waals surface area contributed by atoms with Gasteiger partial charge in [0.15, 0.2) is 0 Å². The van der Waals surface area contributed by atoms with Crippen LogP contribution in [0.1, 0.15) is 18.7 Å². The highest BCUT2D eigenvalue weighted by Crippen LogP contribution is 2.21. The Morgan fingerprint density at radius 2 is 2.06 bits per heavy atom. The molecule has 0 amide bonds. The molecule has 3 N–H and O–H groups in total. The van der Waals surface area contributed by atoms with E-state index >= 15 is 0 Å². The smallest absolute Gasteiger partial charge is 0.323 e. The van der Waals surface area contributed by atoms with Crippen molar-refractivity contribution in [3.05, 3.63) is 52.8 Å². The lowest BCUT2D eigenvalue weighted by Crippen LogP contribution is -2.05. The average molecular weight is 243 g/mol. The van der Waals surface area contributed by atoms with Crippen LogP contribution in [0.2, 0.25) is 0 Å². The maximum absolute atomic E-state index is 11.2. The Kier molecular flexibility index (Phi) is 2.44. The second kappa shape index (κ2) is 4.10. The average Bonchev–Trinajstić information content (AvgIpc) is 2.95. The van der Waals surface area contributed by atoms with Gasteiger partial charge in [0, 0.05) is 5.69 Å².